The molecule has 0 radical (unpaired) electrons. The average Bonchev–Trinajstić information content (AvgIpc) is 2.24. The van der Waals surface area contributed by atoms with Crippen LogP contribution in [0.15, 0.2) is 0 Å². The fourth-order valence-corrected chi connectivity index (χ4v) is 2.50. The molecule has 1 aliphatic carbocycles. The van der Waals surface area contributed by atoms with E-state index < -0.39 is 5.92 Å². The number of hydrogen-bond donors (Lipinski definition) is 1. The van der Waals surface area contributed by atoms with E-state index in [9.17, 15) is 4.79 Å². The second-order valence-corrected chi connectivity index (χ2v) is 5.10. The summed E-state index contributed by atoms with van der Waals surface area (Å²) < 4.78 is 0. The van der Waals surface area contributed by atoms with E-state index in [1.807, 2.05) is 6.92 Å². The molecule has 4 atom stereocenters. The van der Waals surface area contributed by atoms with Gasteiger partial charge in [0.25, 0.3) is 0 Å². The molecule has 0 heterocycles. The molecule has 3 nitrogen and oxygen atoms in total. The second kappa shape index (κ2) is 5.89. The van der Waals surface area contributed by atoms with Gasteiger partial charge in [0.15, 0.2) is 0 Å². The third-order valence-electron chi connectivity index (χ3n) is 3.64. The molecule has 90 valence electrons. The van der Waals surface area contributed by atoms with Gasteiger partial charge in [0.1, 0.15) is 5.92 Å². The van der Waals surface area contributed by atoms with Gasteiger partial charge in [-0.2, -0.15) is 5.26 Å². The Morgan fingerprint density at radius 1 is 1.50 bits per heavy atom. The lowest BCUT2D eigenvalue weighted by Gasteiger charge is -2.33. The van der Waals surface area contributed by atoms with Gasteiger partial charge in [0, 0.05) is 6.04 Å². The van der Waals surface area contributed by atoms with E-state index in [2.05, 4.69) is 25.2 Å². The molecule has 1 amide bonds. The van der Waals surface area contributed by atoms with Crippen molar-refractivity contribution in [1.82, 2.24) is 5.32 Å². The summed E-state index contributed by atoms with van der Waals surface area (Å²) in [6, 6.07) is 2.32. The van der Waals surface area contributed by atoms with E-state index in [4.69, 9.17) is 5.26 Å². The lowest BCUT2D eigenvalue weighted by atomic mass is 9.79. The lowest BCUT2D eigenvalue weighted by molar-refractivity contribution is -0.124. The Hall–Kier alpha value is -1.04. The highest BCUT2D eigenvalue weighted by Gasteiger charge is 2.28. The Bertz CT molecular complexity index is 282. The first-order valence-corrected chi connectivity index (χ1v) is 6.28. The lowest BCUT2D eigenvalue weighted by Crippen LogP contribution is -2.44. The molecule has 0 bridgehead atoms. The van der Waals surface area contributed by atoms with E-state index in [1.54, 1.807) is 0 Å². The van der Waals surface area contributed by atoms with E-state index >= 15 is 0 Å². The molecular formula is C13H22N2O. The number of nitrogens with one attached hydrogen (secondary N) is 1. The smallest absolute Gasteiger partial charge is 0.237 e. The number of nitriles is 1. The Kier molecular flexibility index (Phi) is 4.79. The van der Waals surface area contributed by atoms with Crippen LogP contribution in [0.3, 0.4) is 0 Å². The van der Waals surface area contributed by atoms with Crippen LogP contribution in [0, 0.1) is 29.1 Å². The summed E-state index contributed by atoms with van der Waals surface area (Å²) in [5, 5.41) is 11.9. The van der Waals surface area contributed by atoms with Crippen molar-refractivity contribution in [3.8, 4) is 6.07 Å². The Balaban J connectivity index is 2.48. The van der Waals surface area contributed by atoms with Gasteiger partial charge < -0.3 is 5.32 Å². The highest BCUT2D eigenvalue weighted by atomic mass is 16.1. The van der Waals surface area contributed by atoms with Crippen LogP contribution in [-0.4, -0.2) is 11.9 Å². The Labute approximate surface area is 98.2 Å². The molecule has 3 heteroatoms. The topological polar surface area (TPSA) is 52.9 Å². The Morgan fingerprint density at radius 3 is 2.69 bits per heavy atom. The largest absolute Gasteiger partial charge is 0.352 e. The predicted molar refractivity (Wildman–Crippen MR) is 63.5 cm³/mol. The monoisotopic (exact) mass is 222 g/mol. The minimum absolute atomic E-state index is 0.0867. The van der Waals surface area contributed by atoms with Crippen molar-refractivity contribution in [2.45, 2.75) is 52.5 Å². The molecule has 1 saturated carbocycles. The number of amides is 1. The van der Waals surface area contributed by atoms with Gasteiger partial charge in [-0.05, 0) is 37.5 Å². The number of carbonyl (C=O) groups excluding carboxylic acids is 1. The summed E-state index contributed by atoms with van der Waals surface area (Å²) in [5.74, 6) is 0.730. The van der Waals surface area contributed by atoms with Crippen molar-refractivity contribution < 1.29 is 4.79 Å². The fourth-order valence-electron chi connectivity index (χ4n) is 2.50. The van der Waals surface area contributed by atoms with Crippen LogP contribution in [-0.2, 0) is 4.79 Å². The minimum atomic E-state index is -0.480. The van der Waals surface area contributed by atoms with Crippen molar-refractivity contribution >= 4 is 5.91 Å². The fraction of sp³-hybridized carbons (Fsp3) is 0.846. The highest BCUT2D eigenvalue weighted by molar-refractivity contribution is 5.81. The Morgan fingerprint density at radius 2 is 2.19 bits per heavy atom. The summed E-state index contributed by atoms with van der Waals surface area (Å²) >= 11 is 0. The summed E-state index contributed by atoms with van der Waals surface area (Å²) in [6.07, 6.45) is 4.00. The van der Waals surface area contributed by atoms with E-state index in [0.29, 0.717) is 12.3 Å². The third kappa shape index (κ3) is 3.23. The van der Waals surface area contributed by atoms with Crippen LogP contribution in [0.1, 0.15) is 46.5 Å². The molecule has 0 aliphatic heterocycles. The van der Waals surface area contributed by atoms with Crippen molar-refractivity contribution in [2.75, 3.05) is 0 Å². The van der Waals surface area contributed by atoms with Crippen LogP contribution < -0.4 is 5.32 Å². The van der Waals surface area contributed by atoms with Gasteiger partial charge in [0.05, 0.1) is 6.07 Å². The predicted octanol–water partition coefficient (Wildman–Crippen LogP) is 2.48. The van der Waals surface area contributed by atoms with Gasteiger partial charge >= 0.3 is 0 Å². The summed E-state index contributed by atoms with van der Waals surface area (Å²) in [7, 11) is 0. The first-order chi connectivity index (χ1) is 7.58. The molecule has 0 aromatic heterocycles. The van der Waals surface area contributed by atoms with E-state index in [1.165, 1.54) is 12.8 Å². The van der Waals surface area contributed by atoms with Crippen LogP contribution in [0.2, 0.25) is 0 Å². The van der Waals surface area contributed by atoms with E-state index in [-0.39, 0.29) is 11.9 Å². The van der Waals surface area contributed by atoms with Crippen molar-refractivity contribution in [2.24, 2.45) is 17.8 Å². The van der Waals surface area contributed by atoms with Gasteiger partial charge in [-0.15, -0.1) is 0 Å². The van der Waals surface area contributed by atoms with Crippen LogP contribution >= 0.6 is 0 Å². The summed E-state index contributed by atoms with van der Waals surface area (Å²) in [4.78, 5) is 11.8. The first kappa shape index (κ1) is 13.0. The zero-order valence-electron chi connectivity index (χ0n) is 10.5. The molecule has 1 rings (SSSR count). The molecule has 0 spiro atoms. The zero-order chi connectivity index (χ0) is 12.1. The maximum absolute atomic E-state index is 11.8. The molecular weight excluding hydrogens is 200 g/mol. The molecule has 0 aromatic rings. The molecule has 1 N–H and O–H groups in total. The number of rotatable bonds is 3. The molecule has 1 fully saturated rings. The maximum atomic E-state index is 11.8. The minimum Gasteiger partial charge on any atom is -0.352 e. The van der Waals surface area contributed by atoms with Crippen LogP contribution in [0.5, 0.6) is 0 Å². The molecule has 4 unspecified atom stereocenters. The number of hydrogen-bond acceptors (Lipinski definition) is 2. The molecule has 0 aromatic carbocycles. The van der Waals surface area contributed by atoms with Gasteiger partial charge in [0.2, 0.25) is 5.91 Å². The number of nitrogens with zero attached hydrogens (tertiary/aromatic N) is 1. The second-order valence-electron chi connectivity index (χ2n) is 5.10. The van der Waals surface area contributed by atoms with Gasteiger partial charge in [-0.3, -0.25) is 4.79 Å². The van der Waals surface area contributed by atoms with Crippen molar-refractivity contribution in [3.63, 3.8) is 0 Å². The van der Waals surface area contributed by atoms with Crippen LogP contribution in [0.4, 0.5) is 0 Å². The molecule has 16 heavy (non-hydrogen) atoms. The highest BCUT2D eigenvalue weighted by Crippen LogP contribution is 2.28. The normalized spacial score (nSPS) is 31.5. The maximum Gasteiger partial charge on any atom is 0.237 e. The van der Waals surface area contributed by atoms with Crippen molar-refractivity contribution in [3.05, 3.63) is 0 Å². The standard InChI is InChI=1S/C13H22N2O/c1-4-11(8-14)13(16)15-12-6-5-9(2)7-10(12)3/h9-12H,4-7H2,1-3H3,(H,15,16). The SMILES string of the molecule is CCC(C#N)C(=O)NC1CCC(C)CC1C. The summed E-state index contributed by atoms with van der Waals surface area (Å²) in [6.45, 7) is 6.33. The first-order valence-electron chi connectivity index (χ1n) is 6.28. The van der Waals surface area contributed by atoms with Crippen LogP contribution in [0.25, 0.3) is 0 Å². The quantitative estimate of drug-likeness (QED) is 0.797. The molecule has 1 aliphatic rings. The number of carbonyl (C=O) groups is 1. The summed E-state index contributed by atoms with van der Waals surface area (Å²) in [5.41, 5.74) is 0. The van der Waals surface area contributed by atoms with E-state index in [0.717, 1.165) is 12.3 Å². The third-order valence-corrected chi connectivity index (χ3v) is 3.64. The van der Waals surface area contributed by atoms with Crippen molar-refractivity contribution in [1.29, 1.82) is 5.26 Å². The zero-order valence-corrected chi connectivity index (χ0v) is 10.5. The van der Waals surface area contributed by atoms with Gasteiger partial charge in [-0.25, -0.2) is 0 Å². The van der Waals surface area contributed by atoms with Gasteiger partial charge in [-0.1, -0.05) is 20.8 Å². The average molecular weight is 222 g/mol. The molecule has 0 saturated heterocycles.